The van der Waals surface area contributed by atoms with Gasteiger partial charge in [-0.15, -0.1) is 6.58 Å². The Hall–Kier alpha value is -1.17. The Balaban J connectivity index is 2.44. The molecule has 6 heteroatoms. The molecule has 0 spiro atoms. The Morgan fingerprint density at radius 2 is 2.30 bits per heavy atom. The molecule has 0 aliphatic carbocycles. The van der Waals surface area contributed by atoms with Gasteiger partial charge in [0, 0.05) is 31.1 Å². The van der Waals surface area contributed by atoms with Crippen LogP contribution in [0, 0.1) is 5.41 Å². The SMILES string of the molecule is C=CCSCCNC(=O)N1CCCC(CC)(C(=O)O)C1. The second-order valence-corrected chi connectivity index (χ2v) is 6.21. The van der Waals surface area contributed by atoms with E-state index in [1.54, 1.807) is 16.7 Å². The minimum absolute atomic E-state index is 0.150. The standard InChI is InChI=1S/C14H24N2O3S/c1-3-9-20-10-7-15-13(19)16-8-5-6-14(4-2,11-16)12(17)18/h3H,1,4-11H2,2H3,(H,15,19)(H,17,18). The topological polar surface area (TPSA) is 69.6 Å². The number of piperidine rings is 1. The van der Waals surface area contributed by atoms with Gasteiger partial charge in [-0.05, 0) is 19.3 Å². The van der Waals surface area contributed by atoms with E-state index >= 15 is 0 Å². The average molecular weight is 300 g/mol. The van der Waals surface area contributed by atoms with Gasteiger partial charge in [-0.1, -0.05) is 13.0 Å². The Labute approximate surface area is 124 Å². The number of thioether (sulfide) groups is 1. The number of nitrogens with zero attached hydrogens (tertiary/aromatic N) is 1. The van der Waals surface area contributed by atoms with Crippen LogP contribution in [-0.4, -0.2) is 53.1 Å². The van der Waals surface area contributed by atoms with Gasteiger partial charge in [-0.3, -0.25) is 4.79 Å². The molecule has 0 aromatic heterocycles. The van der Waals surface area contributed by atoms with Crippen molar-refractivity contribution in [1.82, 2.24) is 10.2 Å². The summed E-state index contributed by atoms with van der Waals surface area (Å²) >= 11 is 1.71. The van der Waals surface area contributed by atoms with Crippen LogP contribution in [0.3, 0.4) is 0 Å². The summed E-state index contributed by atoms with van der Waals surface area (Å²) in [6.45, 7) is 7.06. The molecule has 114 valence electrons. The third-order valence-electron chi connectivity index (χ3n) is 3.75. The van der Waals surface area contributed by atoms with Crippen molar-refractivity contribution in [1.29, 1.82) is 0 Å². The first-order chi connectivity index (χ1) is 9.55. The first-order valence-electron chi connectivity index (χ1n) is 7.00. The van der Waals surface area contributed by atoms with E-state index in [2.05, 4.69) is 11.9 Å². The third-order valence-corrected chi connectivity index (χ3v) is 4.72. The van der Waals surface area contributed by atoms with Gasteiger partial charge in [0.15, 0.2) is 0 Å². The lowest BCUT2D eigenvalue weighted by Gasteiger charge is -2.39. The Kier molecular flexibility index (Phi) is 6.91. The van der Waals surface area contributed by atoms with E-state index in [4.69, 9.17) is 0 Å². The number of rotatable bonds is 7. The number of urea groups is 1. The van der Waals surface area contributed by atoms with Gasteiger partial charge in [0.25, 0.3) is 0 Å². The monoisotopic (exact) mass is 300 g/mol. The lowest BCUT2D eigenvalue weighted by Crippen LogP contribution is -2.52. The maximum absolute atomic E-state index is 12.0. The molecule has 20 heavy (non-hydrogen) atoms. The number of hydrogen-bond acceptors (Lipinski definition) is 3. The van der Waals surface area contributed by atoms with Crippen LogP contribution in [0.5, 0.6) is 0 Å². The number of carbonyl (C=O) groups excluding carboxylic acids is 1. The van der Waals surface area contributed by atoms with E-state index in [0.717, 1.165) is 17.9 Å². The van der Waals surface area contributed by atoms with E-state index in [9.17, 15) is 14.7 Å². The summed E-state index contributed by atoms with van der Waals surface area (Å²) in [6, 6.07) is -0.150. The lowest BCUT2D eigenvalue weighted by molar-refractivity contribution is -0.152. The number of amides is 2. The highest BCUT2D eigenvalue weighted by Gasteiger charge is 2.42. The van der Waals surface area contributed by atoms with Gasteiger partial charge >= 0.3 is 12.0 Å². The molecular formula is C14H24N2O3S. The summed E-state index contributed by atoms with van der Waals surface area (Å²) in [5.74, 6) is 0.917. The van der Waals surface area contributed by atoms with Crippen LogP contribution in [0.25, 0.3) is 0 Å². The first kappa shape index (κ1) is 16.9. The van der Waals surface area contributed by atoms with Crippen molar-refractivity contribution in [2.75, 3.05) is 31.1 Å². The average Bonchev–Trinajstić information content (AvgIpc) is 2.46. The van der Waals surface area contributed by atoms with Crippen molar-refractivity contribution >= 4 is 23.8 Å². The van der Waals surface area contributed by atoms with Crippen LogP contribution >= 0.6 is 11.8 Å². The molecule has 0 aromatic carbocycles. The van der Waals surface area contributed by atoms with Crippen LogP contribution in [0.4, 0.5) is 4.79 Å². The second kappa shape index (κ2) is 8.19. The van der Waals surface area contributed by atoms with Gasteiger partial charge in [0.2, 0.25) is 0 Å². The van der Waals surface area contributed by atoms with Gasteiger partial charge in [-0.2, -0.15) is 11.8 Å². The third kappa shape index (κ3) is 4.44. The Morgan fingerprint density at radius 1 is 1.55 bits per heavy atom. The number of carbonyl (C=O) groups is 2. The fourth-order valence-electron chi connectivity index (χ4n) is 2.43. The number of carboxylic acid groups (broad SMARTS) is 1. The predicted octanol–water partition coefficient (Wildman–Crippen LogP) is 2.19. The van der Waals surface area contributed by atoms with Gasteiger partial charge in [-0.25, -0.2) is 4.79 Å². The zero-order valence-corrected chi connectivity index (χ0v) is 12.9. The zero-order valence-electron chi connectivity index (χ0n) is 12.1. The van der Waals surface area contributed by atoms with E-state index in [0.29, 0.717) is 32.5 Å². The zero-order chi connectivity index (χ0) is 15.0. The van der Waals surface area contributed by atoms with Crippen LogP contribution in [-0.2, 0) is 4.79 Å². The first-order valence-corrected chi connectivity index (χ1v) is 8.16. The molecule has 1 unspecified atom stereocenters. The van der Waals surface area contributed by atoms with Crippen molar-refractivity contribution in [2.45, 2.75) is 26.2 Å². The smallest absolute Gasteiger partial charge is 0.317 e. The molecule has 1 aliphatic heterocycles. The minimum Gasteiger partial charge on any atom is -0.481 e. The molecule has 0 bridgehead atoms. The Morgan fingerprint density at radius 3 is 2.90 bits per heavy atom. The summed E-state index contributed by atoms with van der Waals surface area (Å²) < 4.78 is 0. The molecular weight excluding hydrogens is 276 g/mol. The van der Waals surface area contributed by atoms with E-state index in [1.807, 2.05) is 13.0 Å². The molecule has 0 radical (unpaired) electrons. The normalized spacial score (nSPS) is 22.4. The molecule has 1 aliphatic rings. The summed E-state index contributed by atoms with van der Waals surface area (Å²) in [5.41, 5.74) is -0.771. The van der Waals surface area contributed by atoms with E-state index < -0.39 is 11.4 Å². The second-order valence-electron chi connectivity index (χ2n) is 5.06. The Bertz CT molecular complexity index is 362. The van der Waals surface area contributed by atoms with Crippen LogP contribution in [0.15, 0.2) is 12.7 Å². The summed E-state index contributed by atoms with van der Waals surface area (Å²) in [5, 5.41) is 12.2. The highest BCUT2D eigenvalue weighted by atomic mass is 32.2. The largest absolute Gasteiger partial charge is 0.481 e. The lowest BCUT2D eigenvalue weighted by atomic mass is 9.78. The summed E-state index contributed by atoms with van der Waals surface area (Å²) in [7, 11) is 0. The molecule has 1 rings (SSSR count). The predicted molar refractivity (Wildman–Crippen MR) is 82.1 cm³/mol. The molecule has 0 saturated carbocycles. The van der Waals surface area contributed by atoms with Gasteiger partial charge < -0.3 is 15.3 Å². The van der Waals surface area contributed by atoms with Crippen molar-refractivity contribution in [3.8, 4) is 0 Å². The van der Waals surface area contributed by atoms with Crippen molar-refractivity contribution in [3.05, 3.63) is 12.7 Å². The molecule has 1 heterocycles. The molecule has 2 amide bonds. The van der Waals surface area contributed by atoms with Gasteiger partial charge in [0.1, 0.15) is 0 Å². The maximum atomic E-state index is 12.0. The molecule has 0 aromatic rings. The highest BCUT2D eigenvalue weighted by Crippen LogP contribution is 2.33. The van der Waals surface area contributed by atoms with Crippen LogP contribution in [0.2, 0.25) is 0 Å². The number of likely N-dealkylation sites (tertiary alicyclic amines) is 1. The van der Waals surface area contributed by atoms with Crippen LogP contribution in [0.1, 0.15) is 26.2 Å². The molecule has 1 atom stereocenters. The van der Waals surface area contributed by atoms with Crippen LogP contribution < -0.4 is 5.32 Å². The number of hydrogen-bond donors (Lipinski definition) is 2. The van der Waals surface area contributed by atoms with Crippen molar-refractivity contribution in [2.24, 2.45) is 5.41 Å². The molecule has 2 N–H and O–H groups in total. The number of carboxylic acids is 1. The fraction of sp³-hybridized carbons (Fsp3) is 0.714. The molecule has 1 saturated heterocycles. The quantitative estimate of drug-likeness (QED) is 0.558. The van der Waals surface area contributed by atoms with Crippen molar-refractivity contribution < 1.29 is 14.7 Å². The summed E-state index contributed by atoms with van der Waals surface area (Å²) in [4.78, 5) is 25.1. The van der Waals surface area contributed by atoms with Gasteiger partial charge in [0.05, 0.1) is 5.41 Å². The van der Waals surface area contributed by atoms with Crippen molar-refractivity contribution in [3.63, 3.8) is 0 Å². The number of nitrogens with one attached hydrogen (secondary N) is 1. The van der Waals surface area contributed by atoms with E-state index in [1.165, 1.54) is 0 Å². The summed E-state index contributed by atoms with van der Waals surface area (Å²) in [6.07, 6.45) is 3.79. The maximum Gasteiger partial charge on any atom is 0.317 e. The highest BCUT2D eigenvalue weighted by molar-refractivity contribution is 7.99. The molecule has 5 nitrogen and oxygen atoms in total. The number of aliphatic carboxylic acids is 1. The molecule has 1 fully saturated rings. The minimum atomic E-state index is -0.793. The fourth-order valence-corrected chi connectivity index (χ4v) is 3.01. The van der Waals surface area contributed by atoms with E-state index in [-0.39, 0.29) is 6.03 Å².